The van der Waals surface area contributed by atoms with Crippen molar-refractivity contribution in [1.82, 2.24) is 0 Å². The standard InChI is InChI=1S/C13H22O/c1-2-10-7-8-12(14)9-13(10)11-5-3-4-6-11/h10-11,13H,2-9H2,1H3. The molecule has 0 radical (unpaired) electrons. The van der Waals surface area contributed by atoms with Crippen LogP contribution in [0.4, 0.5) is 0 Å². The van der Waals surface area contributed by atoms with Gasteiger partial charge in [0.05, 0.1) is 0 Å². The molecule has 2 fully saturated rings. The Labute approximate surface area is 87.3 Å². The molecule has 0 aromatic rings. The summed E-state index contributed by atoms with van der Waals surface area (Å²) in [5, 5.41) is 0. The van der Waals surface area contributed by atoms with Gasteiger partial charge in [-0.15, -0.1) is 0 Å². The summed E-state index contributed by atoms with van der Waals surface area (Å²) in [6.45, 7) is 2.29. The first-order valence-electron chi connectivity index (χ1n) is 6.33. The van der Waals surface area contributed by atoms with E-state index in [1.54, 1.807) is 0 Å². The van der Waals surface area contributed by atoms with Crippen LogP contribution in [0.5, 0.6) is 0 Å². The summed E-state index contributed by atoms with van der Waals surface area (Å²) in [5.41, 5.74) is 0. The Bertz CT molecular complexity index is 201. The smallest absolute Gasteiger partial charge is 0.133 e. The Morgan fingerprint density at radius 2 is 1.93 bits per heavy atom. The van der Waals surface area contributed by atoms with Gasteiger partial charge in [-0.05, 0) is 24.2 Å². The van der Waals surface area contributed by atoms with Crippen LogP contribution in [-0.2, 0) is 4.79 Å². The zero-order chi connectivity index (χ0) is 9.97. The average Bonchev–Trinajstić information content (AvgIpc) is 2.70. The van der Waals surface area contributed by atoms with Gasteiger partial charge < -0.3 is 0 Å². The highest BCUT2D eigenvalue weighted by atomic mass is 16.1. The fraction of sp³-hybridized carbons (Fsp3) is 0.923. The van der Waals surface area contributed by atoms with Crippen molar-refractivity contribution in [3.8, 4) is 0 Å². The average molecular weight is 194 g/mol. The molecular formula is C13H22O. The van der Waals surface area contributed by atoms with E-state index in [0.29, 0.717) is 5.78 Å². The molecule has 0 N–H and O–H groups in total. The van der Waals surface area contributed by atoms with Crippen molar-refractivity contribution in [1.29, 1.82) is 0 Å². The molecular weight excluding hydrogens is 172 g/mol. The number of hydrogen-bond acceptors (Lipinski definition) is 1. The lowest BCUT2D eigenvalue weighted by Gasteiger charge is -2.34. The summed E-state index contributed by atoms with van der Waals surface area (Å²) >= 11 is 0. The van der Waals surface area contributed by atoms with Crippen LogP contribution in [-0.4, -0.2) is 5.78 Å². The predicted molar refractivity (Wildman–Crippen MR) is 58.1 cm³/mol. The molecule has 2 saturated carbocycles. The Hall–Kier alpha value is -0.330. The molecule has 14 heavy (non-hydrogen) atoms. The van der Waals surface area contributed by atoms with Crippen LogP contribution in [0.1, 0.15) is 58.3 Å². The highest BCUT2D eigenvalue weighted by Gasteiger charge is 2.34. The summed E-state index contributed by atoms with van der Waals surface area (Å²) in [4.78, 5) is 11.5. The molecule has 0 heterocycles. The molecule has 0 saturated heterocycles. The maximum atomic E-state index is 11.5. The van der Waals surface area contributed by atoms with Crippen LogP contribution in [0, 0.1) is 17.8 Å². The van der Waals surface area contributed by atoms with Gasteiger partial charge in [-0.2, -0.15) is 0 Å². The van der Waals surface area contributed by atoms with Gasteiger partial charge >= 0.3 is 0 Å². The van der Waals surface area contributed by atoms with Crippen LogP contribution in [0.25, 0.3) is 0 Å². The zero-order valence-corrected chi connectivity index (χ0v) is 9.30. The molecule has 0 aliphatic heterocycles. The Kier molecular flexibility index (Phi) is 3.25. The zero-order valence-electron chi connectivity index (χ0n) is 9.30. The molecule has 0 aromatic heterocycles. The third kappa shape index (κ3) is 2.02. The monoisotopic (exact) mass is 194 g/mol. The van der Waals surface area contributed by atoms with E-state index in [1.165, 1.54) is 38.5 Å². The van der Waals surface area contributed by atoms with E-state index in [2.05, 4.69) is 6.92 Å². The molecule has 1 nitrogen and oxygen atoms in total. The van der Waals surface area contributed by atoms with Gasteiger partial charge in [0.2, 0.25) is 0 Å². The summed E-state index contributed by atoms with van der Waals surface area (Å²) in [5.74, 6) is 3.04. The Morgan fingerprint density at radius 3 is 2.57 bits per heavy atom. The third-order valence-electron chi connectivity index (χ3n) is 4.39. The molecule has 1 heteroatoms. The van der Waals surface area contributed by atoms with E-state index in [4.69, 9.17) is 0 Å². The van der Waals surface area contributed by atoms with Gasteiger partial charge in [-0.1, -0.05) is 39.0 Å². The van der Waals surface area contributed by atoms with Crippen molar-refractivity contribution in [2.75, 3.05) is 0 Å². The van der Waals surface area contributed by atoms with Crippen molar-refractivity contribution in [2.24, 2.45) is 17.8 Å². The van der Waals surface area contributed by atoms with Crippen LogP contribution < -0.4 is 0 Å². The van der Waals surface area contributed by atoms with Crippen molar-refractivity contribution in [3.05, 3.63) is 0 Å². The fourth-order valence-electron chi connectivity index (χ4n) is 3.54. The first-order valence-corrected chi connectivity index (χ1v) is 6.33. The van der Waals surface area contributed by atoms with Gasteiger partial charge in [0, 0.05) is 12.8 Å². The third-order valence-corrected chi connectivity index (χ3v) is 4.39. The van der Waals surface area contributed by atoms with Crippen LogP contribution >= 0.6 is 0 Å². The minimum absolute atomic E-state index is 0.534. The highest BCUT2D eigenvalue weighted by molar-refractivity contribution is 5.79. The second-order valence-corrected chi connectivity index (χ2v) is 5.16. The number of carbonyl (C=O) groups is 1. The molecule has 2 aliphatic carbocycles. The van der Waals surface area contributed by atoms with E-state index < -0.39 is 0 Å². The van der Waals surface area contributed by atoms with E-state index in [1.807, 2.05) is 0 Å². The molecule has 2 aliphatic rings. The van der Waals surface area contributed by atoms with Gasteiger partial charge in [-0.25, -0.2) is 0 Å². The van der Waals surface area contributed by atoms with Crippen molar-refractivity contribution >= 4 is 5.78 Å². The van der Waals surface area contributed by atoms with Gasteiger partial charge in [0.15, 0.2) is 0 Å². The van der Waals surface area contributed by atoms with E-state index in [9.17, 15) is 4.79 Å². The molecule has 2 atom stereocenters. The molecule has 2 unspecified atom stereocenters. The summed E-state index contributed by atoms with van der Waals surface area (Å²) in [6, 6.07) is 0. The Morgan fingerprint density at radius 1 is 1.21 bits per heavy atom. The van der Waals surface area contributed by atoms with E-state index in [0.717, 1.165) is 30.6 Å². The summed E-state index contributed by atoms with van der Waals surface area (Å²) < 4.78 is 0. The number of carbonyl (C=O) groups excluding carboxylic acids is 1. The molecule has 0 bridgehead atoms. The lowest BCUT2D eigenvalue weighted by Crippen LogP contribution is -2.29. The second-order valence-electron chi connectivity index (χ2n) is 5.16. The van der Waals surface area contributed by atoms with Crippen molar-refractivity contribution < 1.29 is 4.79 Å². The largest absolute Gasteiger partial charge is 0.300 e. The van der Waals surface area contributed by atoms with Gasteiger partial charge in [0.25, 0.3) is 0 Å². The maximum absolute atomic E-state index is 11.5. The lowest BCUT2D eigenvalue weighted by molar-refractivity contribution is -0.123. The number of hydrogen-bond donors (Lipinski definition) is 0. The molecule has 0 spiro atoms. The normalized spacial score (nSPS) is 35.1. The predicted octanol–water partition coefficient (Wildman–Crippen LogP) is 3.57. The van der Waals surface area contributed by atoms with E-state index in [-0.39, 0.29) is 0 Å². The van der Waals surface area contributed by atoms with Crippen molar-refractivity contribution in [3.63, 3.8) is 0 Å². The van der Waals surface area contributed by atoms with Gasteiger partial charge in [-0.3, -0.25) is 4.79 Å². The van der Waals surface area contributed by atoms with Crippen LogP contribution in [0.15, 0.2) is 0 Å². The number of ketones is 1. The molecule has 80 valence electrons. The summed E-state index contributed by atoms with van der Waals surface area (Å²) in [6.07, 6.45) is 9.84. The van der Waals surface area contributed by atoms with Gasteiger partial charge in [0.1, 0.15) is 5.78 Å². The quantitative estimate of drug-likeness (QED) is 0.656. The first-order chi connectivity index (χ1) is 6.81. The Balaban J connectivity index is 2.00. The second kappa shape index (κ2) is 4.46. The maximum Gasteiger partial charge on any atom is 0.133 e. The molecule has 2 rings (SSSR count). The lowest BCUT2D eigenvalue weighted by atomic mass is 9.70. The SMILES string of the molecule is CCC1CCC(=O)CC1C1CCCC1. The minimum Gasteiger partial charge on any atom is -0.300 e. The fourth-order valence-corrected chi connectivity index (χ4v) is 3.54. The first kappa shape index (κ1) is 10.2. The molecule has 0 amide bonds. The van der Waals surface area contributed by atoms with Crippen LogP contribution in [0.3, 0.4) is 0 Å². The minimum atomic E-state index is 0.534. The topological polar surface area (TPSA) is 17.1 Å². The van der Waals surface area contributed by atoms with Crippen molar-refractivity contribution in [2.45, 2.75) is 58.3 Å². The molecule has 0 aromatic carbocycles. The highest BCUT2D eigenvalue weighted by Crippen LogP contribution is 2.42. The van der Waals surface area contributed by atoms with Crippen LogP contribution in [0.2, 0.25) is 0 Å². The summed E-state index contributed by atoms with van der Waals surface area (Å²) in [7, 11) is 0. The number of rotatable bonds is 2. The van der Waals surface area contributed by atoms with E-state index >= 15 is 0 Å². The number of Topliss-reactive ketones (excluding diaryl/α,β-unsaturated/α-hetero) is 1.